The Morgan fingerprint density at radius 2 is 2.40 bits per heavy atom. The lowest BCUT2D eigenvalue weighted by atomic mass is 10.2. The van der Waals surface area contributed by atoms with Crippen LogP contribution in [0.4, 0.5) is 5.82 Å². The minimum Gasteiger partial charge on any atom is -0.369 e. The van der Waals surface area contributed by atoms with Crippen molar-refractivity contribution in [2.45, 2.75) is 6.42 Å². The molecule has 3 heteroatoms. The predicted octanol–water partition coefficient (Wildman–Crippen LogP) is 1.70. The summed E-state index contributed by atoms with van der Waals surface area (Å²) >= 11 is 5.67. The maximum absolute atomic E-state index is 5.67. The number of nitrogens with one attached hydrogen (secondary N) is 1. The average molecular weight is 155 g/mol. The second-order valence-electron chi connectivity index (χ2n) is 2.32. The number of nitrogens with zero attached hydrogens (tertiary/aromatic N) is 1. The third-order valence-electron chi connectivity index (χ3n) is 1.63. The number of pyridine rings is 1. The molecule has 2 rings (SSSR count). The molecule has 0 amide bonds. The molecule has 0 aliphatic carbocycles. The Balaban J connectivity index is 2.52. The van der Waals surface area contributed by atoms with Crippen LogP contribution in [0.3, 0.4) is 0 Å². The van der Waals surface area contributed by atoms with E-state index in [2.05, 4.69) is 10.3 Å². The number of fused-ring (bicyclic) bond motifs is 1. The van der Waals surface area contributed by atoms with Crippen molar-refractivity contribution in [2.75, 3.05) is 11.9 Å². The molecule has 0 aromatic carbocycles. The lowest BCUT2D eigenvalue weighted by Crippen LogP contribution is -1.92. The second-order valence-corrected chi connectivity index (χ2v) is 2.71. The van der Waals surface area contributed by atoms with Crippen molar-refractivity contribution in [3.8, 4) is 0 Å². The van der Waals surface area contributed by atoms with Crippen LogP contribution in [-0.2, 0) is 6.42 Å². The minimum atomic E-state index is 0.563. The summed E-state index contributed by atoms with van der Waals surface area (Å²) in [6, 6.07) is 3.85. The Hall–Kier alpha value is -0.760. The van der Waals surface area contributed by atoms with Gasteiger partial charge in [-0.05, 0) is 18.1 Å². The molecular formula is C7H7ClN2. The fourth-order valence-corrected chi connectivity index (χ4v) is 1.28. The van der Waals surface area contributed by atoms with Gasteiger partial charge in [-0.3, -0.25) is 0 Å². The first-order chi connectivity index (χ1) is 4.86. The molecule has 2 heterocycles. The van der Waals surface area contributed by atoms with E-state index in [-0.39, 0.29) is 0 Å². The van der Waals surface area contributed by atoms with E-state index in [0.717, 1.165) is 18.8 Å². The summed E-state index contributed by atoms with van der Waals surface area (Å²) in [6.07, 6.45) is 1.07. The molecule has 1 N–H and O–H groups in total. The summed E-state index contributed by atoms with van der Waals surface area (Å²) in [5.41, 5.74) is 1.27. The lowest BCUT2D eigenvalue weighted by Gasteiger charge is -1.96. The van der Waals surface area contributed by atoms with Crippen LogP contribution >= 0.6 is 11.6 Å². The third-order valence-corrected chi connectivity index (χ3v) is 1.84. The Morgan fingerprint density at radius 3 is 3.30 bits per heavy atom. The number of hydrogen-bond acceptors (Lipinski definition) is 2. The minimum absolute atomic E-state index is 0.563. The summed E-state index contributed by atoms with van der Waals surface area (Å²) in [4.78, 5) is 4.11. The van der Waals surface area contributed by atoms with Gasteiger partial charge in [-0.2, -0.15) is 0 Å². The van der Waals surface area contributed by atoms with Crippen LogP contribution in [0.15, 0.2) is 12.1 Å². The van der Waals surface area contributed by atoms with Crippen LogP contribution in [0.2, 0.25) is 5.15 Å². The van der Waals surface area contributed by atoms with Crippen molar-refractivity contribution >= 4 is 17.4 Å². The van der Waals surface area contributed by atoms with Gasteiger partial charge in [0.25, 0.3) is 0 Å². The van der Waals surface area contributed by atoms with Gasteiger partial charge in [-0.15, -0.1) is 0 Å². The van der Waals surface area contributed by atoms with E-state index in [9.17, 15) is 0 Å². The molecule has 0 saturated carbocycles. The van der Waals surface area contributed by atoms with Gasteiger partial charge in [-0.25, -0.2) is 4.98 Å². The van der Waals surface area contributed by atoms with Gasteiger partial charge >= 0.3 is 0 Å². The van der Waals surface area contributed by atoms with Crippen LogP contribution in [0.1, 0.15) is 5.56 Å². The van der Waals surface area contributed by atoms with Gasteiger partial charge in [0.1, 0.15) is 11.0 Å². The molecule has 1 aliphatic heterocycles. The zero-order valence-electron chi connectivity index (χ0n) is 5.39. The number of halogens is 1. The molecule has 52 valence electrons. The van der Waals surface area contributed by atoms with E-state index in [1.165, 1.54) is 5.56 Å². The first kappa shape index (κ1) is 5.98. The van der Waals surface area contributed by atoms with Gasteiger partial charge in [0, 0.05) is 6.54 Å². The molecular weight excluding hydrogens is 148 g/mol. The topological polar surface area (TPSA) is 24.9 Å². The van der Waals surface area contributed by atoms with Crippen molar-refractivity contribution < 1.29 is 0 Å². The molecule has 0 spiro atoms. The van der Waals surface area contributed by atoms with E-state index in [1.54, 1.807) is 0 Å². The standard InChI is InChI=1S/C7H7ClN2/c8-6-2-1-5-3-4-9-7(5)10-6/h1-2H,3-4H2,(H,9,10). The number of rotatable bonds is 0. The molecule has 10 heavy (non-hydrogen) atoms. The zero-order chi connectivity index (χ0) is 6.97. The third kappa shape index (κ3) is 0.847. The Bertz CT molecular complexity index is 260. The Labute approximate surface area is 64.2 Å². The first-order valence-electron chi connectivity index (χ1n) is 3.25. The molecule has 1 aromatic heterocycles. The van der Waals surface area contributed by atoms with Gasteiger partial charge in [-0.1, -0.05) is 17.7 Å². The van der Waals surface area contributed by atoms with E-state index < -0.39 is 0 Å². The van der Waals surface area contributed by atoms with Crippen molar-refractivity contribution in [3.05, 3.63) is 22.8 Å². The fourth-order valence-electron chi connectivity index (χ4n) is 1.13. The molecule has 1 aliphatic rings. The smallest absolute Gasteiger partial charge is 0.131 e. The van der Waals surface area contributed by atoms with Gasteiger partial charge < -0.3 is 5.32 Å². The van der Waals surface area contributed by atoms with Crippen molar-refractivity contribution in [1.82, 2.24) is 4.98 Å². The lowest BCUT2D eigenvalue weighted by molar-refractivity contribution is 1.11. The monoisotopic (exact) mass is 154 g/mol. The van der Waals surface area contributed by atoms with E-state index >= 15 is 0 Å². The van der Waals surface area contributed by atoms with E-state index in [4.69, 9.17) is 11.6 Å². The second kappa shape index (κ2) is 2.13. The highest BCUT2D eigenvalue weighted by Gasteiger charge is 2.09. The fraction of sp³-hybridized carbons (Fsp3) is 0.286. The first-order valence-corrected chi connectivity index (χ1v) is 3.63. The Kier molecular flexibility index (Phi) is 1.27. The molecule has 0 radical (unpaired) electrons. The molecule has 0 unspecified atom stereocenters. The normalized spacial score (nSPS) is 14.5. The van der Waals surface area contributed by atoms with Crippen molar-refractivity contribution in [2.24, 2.45) is 0 Å². The van der Waals surface area contributed by atoms with Crippen molar-refractivity contribution in [1.29, 1.82) is 0 Å². The summed E-state index contributed by atoms with van der Waals surface area (Å²) in [6.45, 7) is 0.989. The number of aromatic nitrogens is 1. The highest BCUT2D eigenvalue weighted by Crippen LogP contribution is 2.20. The van der Waals surface area contributed by atoms with Crippen molar-refractivity contribution in [3.63, 3.8) is 0 Å². The van der Waals surface area contributed by atoms with Crippen LogP contribution in [0.25, 0.3) is 0 Å². The SMILES string of the molecule is Clc1ccc2c(n1)NCC2. The summed E-state index contributed by atoms with van der Waals surface area (Å²) < 4.78 is 0. The van der Waals surface area contributed by atoms with Gasteiger partial charge in [0.05, 0.1) is 0 Å². The van der Waals surface area contributed by atoms with Gasteiger partial charge in [0.15, 0.2) is 0 Å². The number of anilines is 1. The molecule has 0 atom stereocenters. The number of hydrogen-bond donors (Lipinski definition) is 1. The molecule has 0 bridgehead atoms. The summed E-state index contributed by atoms with van der Waals surface area (Å²) in [5.74, 6) is 0.951. The highest BCUT2D eigenvalue weighted by molar-refractivity contribution is 6.29. The van der Waals surface area contributed by atoms with E-state index in [0.29, 0.717) is 5.15 Å². The molecule has 1 aromatic rings. The zero-order valence-corrected chi connectivity index (χ0v) is 6.15. The molecule has 2 nitrogen and oxygen atoms in total. The average Bonchev–Trinajstić information content (AvgIpc) is 2.33. The quantitative estimate of drug-likeness (QED) is 0.576. The van der Waals surface area contributed by atoms with Crippen LogP contribution in [0, 0.1) is 0 Å². The molecule has 0 saturated heterocycles. The maximum atomic E-state index is 5.67. The van der Waals surface area contributed by atoms with E-state index in [1.807, 2.05) is 12.1 Å². The van der Waals surface area contributed by atoms with Crippen LogP contribution in [0.5, 0.6) is 0 Å². The summed E-state index contributed by atoms with van der Waals surface area (Å²) in [5, 5.41) is 3.71. The Morgan fingerprint density at radius 1 is 1.50 bits per heavy atom. The van der Waals surface area contributed by atoms with Crippen LogP contribution < -0.4 is 5.32 Å². The highest BCUT2D eigenvalue weighted by atomic mass is 35.5. The molecule has 0 fully saturated rings. The summed E-state index contributed by atoms with van der Waals surface area (Å²) in [7, 11) is 0. The van der Waals surface area contributed by atoms with Gasteiger partial charge in [0.2, 0.25) is 0 Å². The maximum Gasteiger partial charge on any atom is 0.131 e. The van der Waals surface area contributed by atoms with Crippen LogP contribution in [-0.4, -0.2) is 11.5 Å². The largest absolute Gasteiger partial charge is 0.369 e. The predicted molar refractivity (Wildman–Crippen MR) is 41.4 cm³/mol.